The van der Waals surface area contributed by atoms with Crippen LogP contribution in [0.5, 0.6) is 0 Å². The lowest BCUT2D eigenvalue weighted by Crippen LogP contribution is -2.26. The van der Waals surface area contributed by atoms with E-state index in [2.05, 4.69) is 66.9 Å². The van der Waals surface area contributed by atoms with Gasteiger partial charge < -0.3 is 16.0 Å². The first-order valence-corrected chi connectivity index (χ1v) is 9.11. The van der Waals surface area contributed by atoms with Crippen LogP contribution in [0.2, 0.25) is 0 Å². The van der Waals surface area contributed by atoms with E-state index < -0.39 is 0 Å². The molecule has 136 valence electrons. The Morgan fingerprint density at radius 3 is 2.24 bits per heavy atom. The first-order valence-electron chi connectivity index (χ1n) is 9.11. The lowest BCUT2D eigenvalue weighted by atomic mass is 10.1. The average molecular weight is 342 g/mol. The molecule has 0 aliphatic heterocycles. The molecule has 0 atom stereocenters. The lowest BCUT2D eigenvalue weighted by molar-refractivity contribution is 0.722. The van der Waals surface area contributed by atoms with Crippen LogP contribution in [0, 0.1) is 27.7 Å². The number of anilines is 4. The summed E-state index contributed by atoms with van der Waals surface area (Å²) in [6, 6.07) is 4.33. The monoisotopic (exact) mass is 341 g/mol. The Morgan fingerprint density at radius 2 is 1.68 bits per heavy atom. The summed E-state index contributed by atoms with van der Waals surface area (Å²) >= 11 is 0. The Labute approximate surface area is 151 Å². The number of rotatable bonds is 7. The Balaban J connectivity index is 2.43. The van der Waals surface area contributed by atoms with Crippen molar-refractivity contribution in [3.05, 3.63) is 34.6 Å². The van der Waals surface area contributed by atoms with Crippen molar-refractivity contribution in [3.8, 4) is 0 Å². The van der Waals surface area contributed by atoms with E-state index in [4.69, 9.17) is 5.73 Å². The van der Waals surface area contributed by atoms with E-state index in [-0.39, 0.29) is 0 Å². The van der Waals surface area contributed by atoms with Gasteiger partial charge in [0.15, 0.2) is 11.6 Å². The minimum Gasteiger partial charge on any atom is -0.393 e. The van der Waals surface area contributed by atoms with Gasteiger partial charge in [0.05, 0.1) is 0 Å². The number of aromatic nitrogens is 2. The van der Waals surface area contributed by atoms with Gasteiger partial charge >= 0.3 is 0 Å². The number of aryl methyl sites for hydroxylation is 4. The fourth-order valence-electron chi connectivity index (χ4n) is 3.16. The average Bonchev–Trinajstić information content (AvgIpc) is 2.55. The van der Waals surface area contributed by atoms with Gasteiger partial charge in [0.25, 0.3) is 0 Å². The van der Waals surface area contributed by atoms with Crippen LogP contribution in [0.4, 0.5) is 23.0 Å². The van der Waals surface area contributed by atoms with Gasteiger partial charge in [-0.15, -0.1) is 0 Å². The molecule has 0 unspecified atom stereocenters. The van der Waals surface area contributed by atoms with E-state index in [1.54, 1.807) is 0 Å². The largest absolute Gasteiger partial charge is 0.393 e. The van der Waals surface area contributed by atoms with Crippen molar-refractivity contribution in [2.24, 2.45) is 0 Å². The molecule has 0 saturated heterocycles. The van der Waals surface area contributed by atoms with Gasteiger partial charge in [-0.1, -0.05) is 31.0 Å². The van der Waals surface area contributed by atoms with Gasteiger partial charge in [-0.3, -0.25) is 0 Å². The molecule has 0 spiro atoms. The maximum Gasteiger partial charge on any atom is 0.159 e. The first-order chi connectivity index (χ1) is 11.9. The van der Waals surface area contributed by atoms with Gasteiger partial charge in [0, 0.05) is 18.8 Å². The first kappa shape index (κ1) is 19.0. The van der Waals surface area contributed by atoms with Crippen LogP contribution in [-0.2, 0) is 0 Å². The third-order valence-electron chi connectivity index (χ3n) is 4.42. The quantitative estimate of drug-likeness (QED) is 0.766. The Hall–Kier alpha value is -2.30. The highest BCUT2D eigenvalue weighted by atomic mass is 15.2. The number of hydrogen-bond donors (Lipinski definition) is 2. The zero-order chi connectivity index (χ0) is 18.6. The van der Waals surface area contributed by atoms with E-state index in [0.29, 0.717) is 11.5 Å². The van der Waals surface area contributed by atoms with Gasteiger partial charge in [-0.2, -0.15) is 0 Å². The van der Waals surface area contributed by atoms with Crippen LogP contribution >= 0.6 is 0 Å². The van der Waals surface area contributed by atoms with Crippen LogP contribution in [0.3, 0.4) is 0 Å². The van der Waals surface area contributed by atoms with E-state index in [0.717, 1.165) is 43.3 Å². The van der Waals surface area contributed by atoms with Crippen LogP contribution in [-0.4, -0.2) is 23.1 Å². The Kier molecular flexibility index (Phi) is 6.23. The maximum absolute atomic E-state index is 6.45. The summed E-state index contributed by atoms with van der Waals surface area (Å²) in [5.74, 6) is 2.24. The zero-order valence-electron chi connectivity index (χ0n) is 16.4. The molecule has 0 radical (unpaired) electrons. The van der Waals surface area contributed by atoms with E-state index >= 15 is 0 Å². The number of nitrogens with zero attached hydrogens (tertiary/aromatic N) is 3. The Morgan fingerprint density at radius 1 is 1.04 bits per heavy atom. The van der Waals surface area contributed by atoms with Gasteiger partial charge in [0.1, 0.15) is 11.5 Å². The lowest BCUT2D eigenvalue weighted by Gasteiger charge is -2.25. The van der Waals surface area contributed by atoms with Crippen LogP contribution in [0.15, 0.2) is 12.1 Å². The highest BCUT2D eigenvalue weighted by Gasteiger charge is 2.16. The van der Waals surface area contributed by atoms with Crippen LogP contribution in [0.1, 0.15) is 49.2 Å². The van der Waals surface area contributed by atoms with Crippen molar-refractivity contribution in [3.63, 3.8) is 0 Å². The van der Waals surface area contributed by atoms with E-state index in [1.165, 1.54) is 16.7 Å². The molecule has 25 heavy (non-hydrogen) atoms. The molecule has 2 aromatic rings. The smallest absolute Gasteiger partial charge is 0.159 e. The number of nitrogens with two attached hydrogens (primary N) is 1. The molecule has 0 aliphatic rings. The maximum atomic E-state index is 6.45. The molecule has 5 nitrogen and oxygen atoms in total. The molecule has 0 bridgehead atoms. The number of benzene rings is 1. The third kappa shape index (κ3) is 4.41. The van der Waals surface area contributed by atoms with Crippen LogP contribution in [0.25, 0.3) is 0 Å². The van der Waals surface area contributed by atoms with E-state index in [9.17, 15) is 0 Å². The zero-order valence-corrected chi connectivity index (χ0v) is 16.4. The number of unbranched alkanes of at least 4 members (excludes halogenated alkanes) is 1. The Bertz CT molecular complexity index is 716. The molecule has 1 aromatic carbocycles. The summed E-state index contributed by atoms with van der Waals surface area (Å²) in [5, 5.41) is 3.45. The number of hydrogen-bond acceptors (Lipinski definition) is 5. The van der Waals surface area contributed by atoms with Gasteiger partial charge in [-0.05, 0) is 52.2 Å². The minimum absolute atomic E-state index is 0.614. The summed E-state index contributed by atoms with van der Waals surface area (Å²) in [4.78, 5) is 11.4. The van der Waals surface area contributed by atoms with E-state index in [1.807, 2.05) is 6.92 Å². The molecule has 0 aliphatic carbocycles. The summed E-state index contributed by atoms with van der Waals surface area (Å²) in [6.45, 7) is 14.4. The molecule has 5 heteroatoms. The van der Waals surface area contributed by atoms with Crippen molar-refractivity contribution in [2.75, 3.05) is 29.0 Å². The fourth-order valence-corrected chi connectivity index (χ4v) is 3.16. The molecule has 1 aromatic heterocycles. The second-order valence-electron chi connectivity index (χ2n) is 6.69. The molecule has 2 rings (SSSR count). The SMILES string of the molecule is CCCCN(CC)c1nc(C)nc(Nc2c(C)cc(C)cc2C)c1N. The molecule has 1 heterocycles. The highest BCUT2D eigenvalue weighted by molar-refractivity contribution is 5.80. The molecular weight excluding hydrogens is 310 g/mol. The van der Waals surface area contributed by atoms with Gasteiger partial charge in [0.2, 0.25) is 0 Å². The molecule has 3 N–H and O–H groups in total. The van der Waals surface area contributed by atoms with Crippen molar-refractivity contribution < 1.29 is 0 Å². The number of nitrogens with one attached hydrogen (secondary N) is 1. The topological polar surface area (TPSA) is 67.1 Å². The van der Waals surface area contributed by atoms with Crippen molar-refractivity contribution >= 4 is 23.0 Å². The van der Waals surface area contributed by atoms with Gasteiger partial charge in [-0.25, -0.2) is 9.97 Å². The summed E-state index contributed by atoms with van der Waals surface area (Å²) in [7, 11) is 0. The standard InChI is InChI=1S/C20H31N5/c1-7-9-10-25(8-2)20-17(21)19(22-16(6)23-20)24-18-14(4)11-13(3)12-15(18)5/h11-12H,7-10,21H2,1-6H3,(H,22,23,24). The predicted molar refractivity (Wildman–Crippen MR) is 108 cm³/mol. The van der Waals surface area contributed by atoms with Crippen LogP contribution < -0.4 is 16.0 Å². The molecular formula is C20H31N5. The van der Waals surface area contributed by atoms with Crippen molar-refractivity contribution in [1.29, 1.82) is 0 Å². The summed E-state index contributed by atoms with van der Waals surface area (Å²) < 4.78 is 0. The molecule has 0 saturated carbocycles. The minimum atomic E-state index is 0.614. The third-order valence-corrected chi connectivity index (χ3v) is 4.42. The number of nitrogen functional groups attached to an aromatic ring is 1. The molecule has 0 fully saturated rings. The second kappa shape index (κ2) is 8.19. The van der Waals surface area contributed by atoms with Crippen molar-refractivity contribution in [2.45, 2.75) is 54.4 Å². The fraction of sp³-hybridized carbons (Fsp3) is 0.500. The summed E-state index contributed by atoms with van der Waals surface area (Å²) in [5.41, 5.74) is 11.8. The summed E-state index contributed by atoms with van der Waals surface area (Å²) in [6.07, 6.45) is 2.27. The normalized spacial score (nSPS) is 10.8. The van der Waals surface area contributed by atoms with Crippen molar-refractivity contribution in [1.82, 2.24) is 9.97 Å². The highest BCUT2D eigenvalue weighted by Crippen LogP contribution is 2.32. The predicted octanol–water partition coefficient (Wildman–Crippen LogP) is 4.66. The molecule has 0 amide bonds. The second-order valence-corrected chi connectivity index (χ2v) is 6.69.